The van der Waals surface area contributed by atoms with Gasteiger partial charge >= 0.3 is 6.18 Å². The number of halogens is 3. The Morgan fingerprint density at radius 3 is 1.93 bits per heavy atom. The summed E-state index contributed by atoms with van der Waals surface area (Å²) in [4.78, 5) is 0. The zero-order chi connectivity index (χ0) is 11.4. The van der Waals surface area contributed by atoms with Gasteiger partial charge in [0.05, 0.1) is 6.54 Å². The van der Waals surface area contributed by atoms with Gasteiger partial charge in [0.2, 0.25) is 0 Å². The molecule has 14 heavy (non-hydrogen) atoms. The molecule has 0 amide bonds. The van der Waals surface area contributed by atoms with Crippen LogP contribution in [0.15, 0.2) is 0 Å². The van der Waals surface area contributed by atoms with Crippen molar-refractivity contribution in [3.05, 3.63) is 0 Å². The van der Waals surface area contributed by atoms with Gasteiger partial charge < -0.3 is 5.32 Å². The predicted molar refractivity (Wildman–Crippen MR) is 52.2 cm³/mol. The van der Waals surface area contributed by atoms with E-state index in [1.165, 1.54) is 0 Å². The van der Waals surface area contributed by atoms with Crippen molar-refractivity contribution in [3.63, 3.8) is 0 Å². The Morgan fingerprint density at radius 1 is 1.07 bits per heavy atom. The fourth-order valence-electron chi connectivity index (χ4n) is 1.72. The van der Waals surface area contributed by atoms with Crippen LogP contribution >= 0.6 is 0 Å². The standard InChI is InChI=1S/C10H20F3N/c1-8(2)5-9(3,4)6-14-7-10(11,12)13/h8,14H,5-7H2,1-4H3. The van der Waals surface area contributed by atoms with Gasteiger partial charge in [-0.2, -0.15) is 13.2 Å². The maximum Gasteiger partial charge on any atom is 0.401 e. The number of hydrogen-bond acceptors (Lipinski definition) is 1. The summed E-state index contributed by atoms with van der Waals surface area (Å²) in [5.74, 6) is 0.512. The van der Waals surface area contributed by atoms with Crippen molar-refractivity contribution in [3.8, 4) is 0 Å². The number of alkyl halides is 3. The molecule has 0 aliphatic carbocycles. The lowest BCUT2D eigenvalue weighted by molar-refractivity contribution is -0.125. The van der Waals surface area contributed by atoms with E-state index in [2.05, 4.69) is 19.2 Å². The summed E-state index contributed by atoms with van der Waals surface area (Å²) in [6.45, 7) is 7.63. The quantitative estimate of drug-likeness (QED) is 0.736. The van der Waals surface area contributed by atoms with E-state index in [-0.39, 0.29) is 5.41 Å². The highest BCUT2D eigenvalue weighted by Crippen LogP contribution is 2.24. The maximum absolute atomic E-state index is 11.8. The molecular formula is C10H20F3N. The van der Waals surface area contributed by atoms with Gasteiger partial charge in [-0.25, -0.2) is 0 Å². The molecule has 0 bridgehead atoms. The topological polar surface area (TPSA) is 12.0 Å². The summed E-state index contributed by atoms with van der Waals surface area (Å²) in [7, 11) is 0. The predicted octanol–water partition coefficient (Wildman–Crippen LogP) is 3.21. The first kappa shape index (κ1) is 13.8. The molecule has 1 nitrogen and oxygen atoms in total. The van der Waals surface area contributed by atoms with Crippen molar-refractivity contribution in [2.24, 2.45) is 11.3 Å². The molecule has 0 aromatic rings. The van der Waals surface area contributed by atoms with Gasteiger partial charge in [-0.15, -0.1) is 0 Å². The van der Waals surface area contributed by atoms with Gasteiger partial charge in [-0.3, -0.25) is 0 Å². The molecule has 0 saturated heterocycles. The lowest BCUT2D eigenvalue weighted by Crippen LogP contribution is -2.36. The van der Waals surface area contributed by atoms with Crippen molar-refractivity contribution in [2.75, 3.05) is 13.1 Å². The third-order valence-corrected chi connectivity index (χ3v) is 1.89. The molecule has 0 aromatic heterocycles. The van der Waals surface area contributed by atoms with Crippen LogP contribution in [0.1, 0.15) is 34.1 Å². The second kappa shape index (κ2) is 5.01. The van der Waals surface area contributed by atoms with E-state index < -0.39 is 12.7 Å². The number of rotatable bonds is 5. The van der Waals surface area contributed by atoms with Crippen molar-refractivity contribution < 1.29 is 13.2 Å². The Labute approximate surface area is 84.1 Å². The van der Waals surface area contributed by atoms with Crippen LogP contribution in [0.5, 0.6) is 0 Å². The van der Waals surface area contributed by atoms with Crippen LogP contribution in [0.3, 0.4) is 0 Å². The average molecular weight is 211 g/mol. The van der Waals surface area contributed by atoms with Crippen LogP contribution in [0.25, 0.3) is 0 Å². The summed E-state index contributed by atoms with van der Waals surface area (Å²) >= 11 is 0. The van der Waals surface area contributed by atoms with Gasteiger partial charge in [-0.1, -0.05) is 27.7 Å². The van der Waals surface area contributed by atoms with Crippen molar-refractivity contribution in [1.29, 1.82) is 0 Å². The average Bonchev–Trinajstić information content (AvgIpc) is 1.78. The SMILES string of the molecule is CC(C)CC(C)(C)CNCC(F)(F)F. The van der Waals surface area contributed by atoms with E-state index in [4.69, 9.17) is 0 Å². The first-order valence-corrected chi connectivity index (χ1v) is 4.90. The minimum Gasteiger partial charge on any atom is -0.308 e. The molecule has 0 unspecified atom stereocenters. The first-order valence-electron chi connectivity index (χ1n) is 4.90. The van der Waals surface area contributed by atoms with E-state index in [1.54, 1.807) is 0 Å². The van der Waals surface area contributed by atoms with Crippen LogP contribution in [-0.4, -0.2) is 19.3 Å². The molecule has 0 rings (SSSR count). The third kappa shape index (κ3) is 8.35. The van der Waals surface area contributed by atoms with Gasteiger partial charge in [0.25, 0.3) is 0 Å². The Kier molecular flexibility index (Phi) is 4.92. The first-order chi connectivity index (χ1) is 6.12. The van der Waals surface area contributed by atoms with Crippen molar-refractivity contribution in [2.45, 2.75) is 40.3 Å². The zero-order valence-corrected chi connectivity index (χ0v) is 9.33. The molecule has 0 aliphatic rings. The smallest absolute Gasteiger partial charge is 0.308 e. The molecule has 0 heterocycles. The fourth-order valence-corrected chi connectivity index (χ4v) is 1.72. The second-order valence-corrected chi connectivity index (χ2v) is 4.98. The van der Waals surface area contributed by atoms with E-state index in [1.807, 2.05) is 13.8 Å². The highest BCUT2D eigenvalue weighted by atomic mass is 19.4. The Bertz CT molecular complexity index is 161. The molecule has 1 N–H and O–H groups in total. The summed E-state index contributed by atoms with van der Waals surface area (Å²) < 4.78 is 35.5. The Hall–Kier alpha value is -0.250. The van der Waals surface area contributed by atoms with Crippen molar-refractivity contribution >= 4 is 0 Å². The summed E-state index contributed by atoms with van der Waals surface area (Å²) in [6.07, 6.45) is -3.17. The summed E-state index contributed by atoms with van der Waals surface area (Å²) in [6, 6.07) is 0. The molecule has 0 radical (unpaired) electrons. The van der Waals surface area contributed by atoms with Gasteiger partial charge in [-0.05, 0) is 17.8 Å². The Morgan fingerprint density at radius 2 is 1.57 bits per heavy atom. The maximum atomic E-state index is 11.8. The van der Waals surface area contributed by atoms with Crippen LogP contribution in [0.2, 0.25) is 0 Å². The van der Waals surface area contributed by atoms with E-state index >= 15 is 0 Å². The van der Waals surface area contributed by atoms with Crippen LogP contribution in [0.4, 0.5) is 13.2 Å². The van der Waals surface area contributed by atoms with Crippen LogP contribution < -0.4 is 5.32 Å². The third-order valence-electron chi connectivity index (χ3n) is 1.89. The minimum absolute atomic E-state index is 0.0700. The number of hydrogen-bond donors (Lipinski definition) is 1. The normalized spacial score (nSPS) is 13.7. The molecule has 86 valence electrons. The van der Waals surface area contributed by atoms with Gasteiger partial charge in [0, 0.05) is 6.54 Å². The second-order valence-electron chi connectivity index (χ2n) is 4.98. The van der Waals surface area contributed by atoms with Crippen LogP contribution in [0, 0.1) is 11.3 Å². The molecule has 0 aliphatic heterocycles. The Balaban J connectivity index is 3.76. The number of nitrogens with one attached hydrogen (secondary N) is 1. The molecule has 4 heteroatoms. The molecule has 0 atom stereocenters. The summed E-state index contributed by atoms with van der Waals surface area (Å²) in [5, 5.41) is 2.45. The summed E-state index contributed by atoms with van der Waals surface area (Å²) in [5.41, 5.74) is -0.0700. The van der Waals surface area contributed by atoms with Gasteiger partial charge in [0.1, 0.15) is 0 Å². The monoisotopic (exact) mass is 211 g/mol. The van der Waals surface area contributed by atoms with E-state index in [0.717, 1.165) is 6.42 Å². The van der Waals surface area contributed by atoms with Crippen LogP contribution in [-0.2, 0) is 0 Å². The molecule has 0 aromatic carbocycles. The highest BCUT2D eigenvalue weighted by Gasteiger charge is 2.28. The van der Waals surface area contributed by atoms with Crippen molar-refractivity contribution in [1.82, 2.24) is 5.32 Å². The lowest BCUT2D eigenvalue weighted by atomic mass is 9.84. The van der Waals surface area contributed by atoms with E-state index in [9.17, 15) is 13.2 Å². The van der Waals surface area contributed by atoms with E-state index in [0.29, 0.717) is 12.5 Å². The van der Waals surface area contributed by atoms with Gasteiger partial charge in [0.15, 0.2) is 0 Å². The molecule has 0 fully saturated rings. The lowest BCUT2D eigenvalue weighted by Gasteiger charge is -2.27. The zero-order valence-electron chi connectivity index (χ0n) is 9.33. The fraction of sp³-hybridized carbons (Fsp3) is 1.00. The molecule has 0 saturated carbocycles. The largest absolute Gasteiger partial charge is 0.401 e. The molecular weight excluding hydrogens is 191 g/mol. The highest BCUT2D eigenvalue weighted by molar-refractivity contribution is 4.73. The minimum atomic E-state index is -4.10. The molecule has 0 spiro atoms.